The number of benzene rings is 1. The maximum atomic E-state index is 12.8. The highest BCUT2D eigenvalue weighted by Gasteiger charge is 2.36. The van der Waals surface area contributed by atoms with Crippen molar-refractivity contribution in [2.75, 3.05) is 0 Å². The summed E-state index contributed by atoms with van der Waals surface area (Å²) in [6, 6.07) is 6.91. The van der Waals surface area contributed by atoms with E-state index in [0.717, 1.165) is 15.3 Å². The molecule has 4 aromatic rings. The van der Waals surface area contributed by atoms with E-state index >= 15 is 0 Å². The molecule has 0 fully saturated rings. The van der Waals surface area contributed by atoms with Crippen molar-refractivity contribution in [2.45, 2.75) is 6.18 Å². The van der Waals surface area contributed by atoms with E-state index in [1.807, 2.05) is 0 Å². The first kappa shape index (κ1) is 16.6. The molecule has 3 aromatic heterocycles. The molecule has 1 aromatic carbocycles. The van der Waals surface area contributed by atoms with Gasteiger partial charge in [0, 0.05) is 18.5 Å². The Morgan fingerprint density at radius 3 is 2.59 bits per heavy atom. The Morgan fingerprint density at radius 1 is 1.15 bits per heavy atom. The van der Waals surface area contributed by atoms with Crippen LogP contribution in [0.15, 0.2) is 47.5 Å². The van der Waals surface area contributed by atoms with Crippen LogP contribution in [0.5, 0.6) is 0 Å². The third-order valence-electron chi connectivity index (χ3n) is 3.83. The van der Waals surface area contributed by atoms with Crippen molar-refractivity contribution in [2.24, 2.45) is 0 Å². The molecule has 0 saturated heterocycles. The quantitative estimate of drug-likeness (QED) is 0.393. The van der Waals surface area contributed by atoms with Gasteiger partial charge in [-0.1, -0.05) is 12.1 Å². The molecule has 3 heterocycles. The van der Waals surface area contributed by atoms with E-state index in [9.17, 15) is 28.1 Å². The third-order valence-corrected chi connectivity index (χ3v) is 3.83. The molecular weight excluding hydrogens is 369 g/mol. The summed E-state index contributed by atoms with van der Waals surface area (Å²) < 4.78 is 40.3. The second-order valence-electron chi connectivity index (χ2n) is 5.44. The van der Waals surface area contributed by atoms with E-state index in [0.29, 0.717) is 0 Å². The number of fused-ring (bicyclic) bond motifs is 3. The van der Waals surface area contributed by atoms with Gasteiger partial charge in [0.15, 0.2) is 0 Å². The van der Waals surface area contributed by atoms with Crippen LogP contribution < -0.4 is 5.56 Å². The smallest absolute Gasteiger partial charge is 0.277 e. The first-order chi connectivity index (χ1) is 12.8. The lowest BCUT2D eigenvalue weighted by atomic mass is 10.2. The van der Waals surface area contributed by atoms with Crippen LogP contribution in [0.2, 0.25) is 0 Å². The fourth-order valence-electron chi connectivity index (χ4n) is 2.65. The van der Waals surface area contributed by atoms with Gasteiger partial charge in [-0.15, -0.1) is 5.10 Å². The van der Waals surface area contributed by atoms with E-state index in [-0.39, 0.29) is 28.1 Å². The third kappa shape index (κ3) is 2.58. The zero-order chi connectivity index (χ0) is 19.3. The normalized spacial score (nSPS) is 12.0. The molecule has 0 spiro atoms. The molecule has 27 heavy (non-hydrogen) atoms. The Balaban J connectivity index is 2.00. The summed E-state index contributed by atoms with van der Waals surface area (Å²) in [7, 11) is 0. The number of nitrogens with zero attached hydrogens (tertiary/aromatic N) is 6. The molecule has 9 nitrogen and oxygen atoms in total. The van der Waals surface area contributed by atoms with E-state index in [2.05, 4.69) is 15.1 Å². The van der Waals surface area contributed by atoms with Crippen LogP contribution >= 0.6 is 0 Å². The molecular formula is C15H7F3N6O3. The lowest BCUT2D eigenvalue weighted by molar-refractivity contribution is -0.384. The topological polar surface area (TPSA) is 108 Å². The summed E-state index contributed by atoms with van der Waals surface area (Å²) in [4.78, 5) is 30.4. The van der Waals surface area contributed by atoms with E-state index < -0.39 is 22.5 Å². The molecule has 0 saturated carbocycles. The summed E-state index contributed by atoms with van der Waals surface area (Å²) in [6.45, 7) is 0. The Bertz CT molecular complexity index is 1280. The molecule has 0 atom stereocenters. The lowest BCUT2D eigenvalue weighted by Crippen LogP contribution is -2.19. The fraction of sp³-hybridized carbons (Fsp3) is 0.0667. The van der Waals surface area contributed by atoms with Gasteiger partial charge in [0.05, 0.1) is 15.8 Å². The van der Waals surface area contributed by atoms with Crippen LogP contribution in [0, 0.1) is 10.1 Å². The van der Waals surface area contributed by atoms with Crippen LogP contribution in [0.3, 0.4) is 0 Å². The van der Waals surface area contributed by atoms with Crippen molar-refractivity contribution in [3.8, 4) is 5.69 Å². The fourth-order valence-corrected chi connectivity index (χ4v) is 2.65. The molecule has 0 aliphatic heterocycles. The van der Waals surface area contributed by atoms with Crippen LogP contribution in [-0.4, -0.2) is 29.1 Å². The number of aromatic nitrogens is 5. The molecule has 12 heteroatoms. The number of para-hydroxylation sites is 2. The first-order valence-corrected chi connectivity index (χ1v) is 7.35. The standard InChI is InChI=1S/C15H7F3N6O3/c16-15(17,18)13-20-14-19-7-8-9(23(14)21-13)5-6-22(12(8)25)10-3-1-2-4-11(10)24(26)27/h1-7H. The molecule has 4 rings (SSSR count). The summed E-state index contributed by atoms with van der Waals surface area (Å²) in [5, 5.41) is 14.5. The first-order valence-electron chi connectivity index (χ1n) is 7.35. The molecule has 0 aliphatic rings. The molecule has 136 valence electrons. The van der Waals surface area contributed by atoms with Crippen molar-refractivity contribution >= 4 is 22.4 Å². The van der Waals surface area contributed by atoms with Crippen molar-refractivity contribution in [1.82, 2.24) is 24.1 Å². The minimum absolute atomic E-state index is 0.0177. The highest BCUT2D eigenvalue weighted by molar-refractivity contribution is 5.79. The monoisotopic (exact) mass is 376 g/mol. The largest absolute Gasteiger partial charge is 0.453 e. The van der Waals surface area contributed by atoms with Gasteiger partial charge in [0.2, 0.25) is 0 Å². The van der Waals surface area contributed by atoms with Crippen molar-refractivity contribution in [3.63, 3.8) is 0 Å². The Morgan fingerprint density at radius 2 is 1.89 bits per heavy atom. The number of hydrogen-bond acceptors (Lipinski definition) is 6. The molecule has 0 radical (unpaired) electrons. The molecule has 0 bridgehead atoms. The van der Waals surface area contributed by atoms with Crippen molar-refractivity contribution in [1.29, 1.82) is 0 Å². The van der Waals surface area contributed by atoms with Crippen LogP contribution in [0.25, 0.3) is 22.4 Å². The maximum Gasteiger partial charge on any atom is 0.453 e. The maximum absolute atomic E-state index is 12.8. The average molecular weight is 376 g/mol. The Hall–Kier alpha value is -3.83. The summed E-state index contributed by atoms with van der Waals surface area (Å²) in [5.41, 5.74) is -0.930. The SMILES string of the molecule is O=c1c2cnc3nc(C(F)(F)F)nn3c2ccn1-c1ccccc1[N+](=O)[O-]. The number of hydrogen-bond donors (Lipinski definition) is 0. The van der Waals surface area contributed by atoms with Gasteiger partial charge in [-0.05, 0) is 12.1 Å². The Labute approximate surface area is 146 Å². The summed E-state index contributed by atoms with van der Waals surface area (Å²) in [5.74, 6) is -1.71. The van der Waals surface area contributed by atoms with Gasteiger partial charge in [-0.25, -0.2) is 4.98 Å². The van der Waals surface area contributed by atoms with Crippen molar-refractivity contribution in [3.05, 3.63) is 69.0 Å². The molecule has 0 aliphatic carbocycles. The van der Waals surface area contributed by atoms with Gasteiger partial charge in [0.25, 0.3) is 22.8 Å². The van der Waals surface area contributed by atoms with E-state index in [1.165, 1.54) is 36.5 Å². The van der Waals surface area contributed by atoms with Crippen LogP contribution in [0.1, 0.15) is 5.82 Å². The number of alkyl halides is 3. The minimum atomic E-state index is -4.76. The second kappa shape index (κ2) is 5.59. The predicted octanol–water partition coefficient (Wildman–Crippen LogP) is 2.36. The zero-order valence-electron chi connectivity index (χ0n) is 13.1. The van der Waals surface area contributed by atoms with E-state index in [4.69, 9.17) is 0 Å². The second-order valence-corrected chi connectivity index (χ2v) is 5.44. The lowest BCUT2D eigenvalue weighted by Gasteiger charge is -2.08. The molecule has 0 unspecified atom stereocenters. The van der Waals surface area contributed by atoms with Gasteiger partial charge in [-0.2, -0.15) is 22.7 Å². The average Bonchev–Trinajstić information content (AvgIpc) is 3.07. The number of nitro groups is 1. The van der Waals surface area contributed by atoms with Crippen molar-refractivity contribution < 1.29 is 18.1 Å². The van der Waals surface area contributed by atoms with E-state index in [1.54, 1.807) is 0 Å². The number of nitro benzene ring substituents is 1. The number of pyridine rings is 1. The minimum Gasteiger partial charge on any atom is -0.277 e. The molecule has 0 N–H and O–H groups in total. The summed E-state index contributed by atoms with van der Waals surface area (Å²) >= 11 is 0. The summed E-state index contributed by atoms with van der Waals surface area (Å²) in [6.07, 6.45) is -2.48. The Kier molecular flexibility index (Phi) is 3.44. The highest BCUT2D eigenvalue weighted by Crippen LogP contribution is 2.27. The van der Waals surface area contributed by atoms with Gasteiger partial charge in [-0.3, -0.25) is 19.5 Å². The zero-order valence-corrected chi connectivity index (χ0v) is 13.1. The molecule has 0 amide bonds. The van der Waals surface area contributed by atoms with Gasteiger partial charge < -0.3 is 0 Å². The number of rotatable bonds is 2. The van der Waals surface area contributed by atoms with Crippen LogP contribution in [-0.2, 0) is 6.18 Å². The van der Waals surface area contributed by atoms with Crippen LogP contribution in [0.4, 0.5) is 18.9 Å². The van der Waals surface area contributed by atoms with Gasteiger partial charge in [0.1, 0.15) is 5.69 Å². The van der Waals surface area contributed by atoms with Gasteiger partial charge >= 0.3 is 6.18 Å². The number of halogens is 3. The predicted molar refractivity (Wildman–Crippen MR) is 85.5 cm³/mol. The highest BCUT2D eigenvalue weighted by atomic mass is 19.4.